The van der Waals surface area contributed by atoms with E-state index in [0.29, 0.717) is 11.6 Å². The quantitative estimate of drug-likeness (QED) is 0.912. The summed E-state index contributed by atoms with van der Waals surface area (Å²) in [5, 5.41) is 3.75. The standard InChI is InChI=1S/C19H20ClN3O2/c20-14-6-7-17(25-12-13-4-3-8-21-11-13)15(10-14)18-22-19(24)16-5-1-2-9-23(16)18/h3-4,6-8,10-11,16,18H,1-2,5,9,12H2,(H,22,24). The van der Waals surface area contributed by atoms with E-state index < -0.39 is 0 Å². The largest absolute Gasteiger partial charge is 0.488 e. The third-order valence-electron chi connectivity index (χ3n) is 4.84. The number of nitrogens with zero attached hydrogens (tertiary/aromatic N) is 2. The normalized spacial score (nSPS) is 23.2. The van der Waals surface area contributed by atoms with E-state index in [0.717, 1.165) is 42.7 Å². The van der Waals surface area contributed by atoms with Gasteiger partial charge in [-0.25, -0.2) is 0 Å². The number of hydrogen-bond donors (Lipinski definition) is 1. The lowest BCUT2D eigenvalue weighted by molar-refractivity contribution is -0.122. The first-order chi connectivity index (χ1) is 12.2. The van der Waals surface area contributed by atoms with E-state index in [1.165, 1.54) is 0 Å². The first kappa shape index (κ1) is 16.4. The number of pyridine rings is 1. The molecule has 0 radical (unpaired) electrons. The fraction of sp³-hybridized carbons (Fsp3) is 0.368. The maximum absolute atomic E-state index is 12.3. The van der Waals surface area contributed by atoms with Gasteiger partial charge in [-0.2, -0.15) is 0 Å². The van der Waals surface area contributed by atoms with Crippen LogP contribution in [0.3, 0.4) is 0 Å². The molecule has 0 aliphatic carbocycles. The summed E-state index contributed by atoms with van der Waals surface area (Å²) in [5.74, 6) is 0.840. The zero-order valence-corrected chi connectivity index (χ0v) is 14.6. The second kappa shape index (κ2) is 7.02. The monoisotopic (exact) mass is 357 g/mol. The average Bonchev–Trinajstić information content (AvgIpc) is 2.98. The summed E-state index contributed by atoms with van der Waals surface area (Å²) in [6.45, 7) is 1.33. The molecule has 2 aliphatic rings. The molecule has 6 heteroatoms. The molecule has 1 N–H and O–H groups in total. The molecule has 1 aromatic carbocycles. The molecule has 2 aliphatic heterocycles. The number of piperidine rings is 1. The number of carbonyl (C=O) groups is 1. The van der Waals surface area contributed by atoms with Crippen molar-refractivity contribution in [1.82, 2.24) is 15.2 Å². The van der Waals surface area contributed by atoms with E-state index >= 15 is 0 Å². The number of fused-ring (bicyclic) bond motifs is 1. The lowest BCUT2D eigenvalue weighted by Crippen LogP contribution is -2.38. The minimum Gasteiger partial charge on any atom is -0.488 e. The second-order valence-electron chi connectivity index (χ2n) is 6.49. The Morgan fingerprint density at radius 1 is 1.32 bits per heavy atom. The van der Waals surface area contributed by atoms with E-state index in [4.69, 9.17) is 16.3 Å². The Hall–Kier alpha value is -2.11. The zero-order chi connectivity index (χ0) is 17.2. The van der Waals surface area contributed by atoms with Crippen LogP contribution in [0.1, 0.15) is 36.6 Å². The van der Waals surface area contributed by atoms with Gasteiger partial charge in [-0.1, -0.05) is 24.1 Å². The van der Waals surface area contributed by atoms with E-state index in [-0.39, 0.29) is 18.1 Å². The van der Waals surface area contributed by atoms with Crippen LogP contribution in [0.5, 0.6) is 5.75 Å². The molecule has 0 spiro atoms. The van der Waals surface area contributed by atoms with Gasteiger partial charge in [0.25, 0.3) is 0 Å². The SMILES string of the molecule is O=C1NC(c2cc(Cl)ccc2OCc2cccnc2)N2CCCCC12. The molecule has 3 heterocycles. The Labute approximate surface area is 152 Å². The summed E-state index contributed by atoms with van der Waals surface area (Å²) in [5.41, 5.74) is 1.91. The number of carbonyl (C=O) groups excluding carboxylic acids is 1. The van der Waals surface area contributed by atoms with Crippen molar-refractivity contribution in [3.05, 3.63) is 58.9 Å². The number of hydrogen-bond acceptors (Lipinski definition) is 4. The molecule has 130 valence electrons. The van der Waals surface area contributed by atoms with Gasteiger partial charge >= 0.3 is 0 Å². The van der Waals surface area contributed by atoms with Crippen molar-refractivity contribution >= 4 is 17.5 Å². The predicted octanol–water partition coefficient (Wildman–Crippen LogP) is 3.30. The van der Waals surface area contributed by atoms with Gasteiger partial charge in [0.05, 0.1) is 6.04 Å². The maximum atomic E-state index is 12.3. The number of halogens is 1. The van der Waals surface area contributed by atoms with Crippen molar-refractivity contribution in [2.24, 2.45) is 0 Å². The highest BCUT2D eigenvalue weighted by Crippen LogP contribution is 2.37. The van der Waals surface area contributed by atoms with Crippen molar-refractivity contribution in [3.63, 3.8) is 0 Å². The highest BCUT2D eigenvalue weighted by molar-refractivity contribution is 6.30. The third-order valence-corrected chi connectivity index (χ3v) is 5.08. The van der Waals surface area contributed by atoms with E-state index in [2.05, 4.69) is 15.2 Å². The van der Waals surface area contributed by atoms with Crippen molar-refractivity contribution in [1.29, 1.82) is 0 Å². The fourth-order valence-electron chi connectivity index (χ4n) is 3.62. The summed E-state index contributed by atoms with van der Waals surface area (Å²) >= 11 is 6.23. The summed E-state index contributed by atoms with van der Waals surface area (Å²) < 4.78 is 6.03. The summed E-state index contributed by atoms with van der Waals surface area (Å²) in [6.07, 6.45) is 6.46. The Balaban J connectivity index is 1.60. The predicted molar refractivity (Wildman–Crippen MR) is 95.2 cm³/mol. The fourth-order valence-corrected chi connectivity index (χ4v) is 3.80. The molecule has 1 amide bonds. The molecule has 2 unspecified atom stereocenters. The summed E-state index contributed by atoms with van der Waals surface area (Å²) in [4.78, 5) is 18.7. The highest BCUT2D eigenvalue weighted by atomic mass is 35.5. The molecule has 4 rings (SSSR count). The number of aromatic nitrogens is 1. The van der Waals surface area contributed by atoms with Gasteiger partial charge in [0.2, 0.25) is 5.91 Å². The van der Waals surface area contributed by atoms with E-state index in [1.807, 2.05) is 30.3 Å². The van der Waals surface area contributed by atoms with Gasteiger partial charge in [-0.05, 0) is 37.1 Å². The molecule has 0 saturated carbocycles. The molecule has 1 aromatic heterocycles. The zero-order valence-electron chi connectivity index (χ0n) is 13.8. The molecular formula is C19H20ClN3O2. The van der Waals surface area contributed by atoms with Crippen LogP contribution in [-0.4, -0.2) is 28.4 Å². The second-order valence-corrected chi connectivity index (χ2v) is 6.93. The molecule has 2 saturated heterocycles. The molecule has 5 nitrogen and oxygen atoms in total. The average molecular weight is 358 g/mol. The number of nitrogens with one attached hydrogen (secondary N) is 1. The summed E-state index contributed by atoms with van der Waals surface area (Å²) in [7, 11) is 0. The van der Waals surface area contributed by atoms with Crippen LogP contribution in [0, 0.1) is 0 Å². The number of benzene rings is 1. The van der Waals surface area contributed by atoms with E-state index in [1.54, 1.807) is 12.4 Å². The Bertz CT molecular complexity index is 769. The van der Waals surface area contributed by atoms with Crippen LogP contribution in [0.25, 0.3) is 0 Å². The van der Waals surface area contributed by atoms with Crippen LogP contribution in [0.15, 0.2) is 42.7 Å². The van der Waals surface area contributed by atoms with Gasteiger partial charge in [0, 0.05) is 35.1 Å². The number of ether oxygens (including phenoxy) is 1. The third kappa shape index (κ3) is 3.34. The van der Waals surface area contributed by atoms with Crippen LogP contribution >= 0.6 is 11.6 Å². The number of amides is 1. The maximum Gasteiger partial charge on any atom is 0.238 e. The Kier molecular flexibility index (Phi) is 4.59. The minimum absolute atomic E-state index is 0.0381. The van der Waals surface area contributed by atoms with Crippen molar-refractivity contribution in [3.8, 4) is 5.75 Å². The van der Waals surface area contributed by atoms with Crippen molar-refractivity contribution in [2.45, 2.75) is 38.1 Å². The van der Waals surface area contributed by atoms with Crippen LogP contribution in [0.2, 0.25) is 5.02 Å². The Morgan fingerprint density at radius 3 is 3.08 bits per heavy atom. The molecule has 2 fully saturated rings. The van der Waals surface area contributed by atoms with Crippen molar-refractivity contribution in [2.75, 3.05) is 6.54 Å². The number of rotatable bonds is 4. The smallest absolute Gasteiger partial charge is 0.238 e. The van der Waals surface area contributed by atoms with Gasteiger partial charge in [-0.15, -0.1) is 0 Å². The molecule has 25 heavy (non-hydrogen) atoms. The Morgan fingerprint density at radius 2 is 2.24 bits per heavy atom. The summed E-state index contributed by atoms with van der Waals surface area (Å²) in [6, 6.07) is 9.40. The van der Waals surface area contributed by atoms with Gasteiger partial charge < -0.3 is 10.1 Å². The van der Waals surface area contributed by atoms with Crippen LogP contribution in [0.4, 0.5) is 0 Å². The van der Waals surface area contributed by atoms with Crippen LogP contribution < -0.4 is 10.1 Å². The van der Waals surface area contributed by atoms with Gasteiger partial charge in [0.15, 0.2) is 0 Å². The highest BCUT2D eigenvalue weighted by Gasteiger charge is 2.42. The topological polar surface area (TPSA) is 54.5 Å². The van der Waals surface area contributed by atoms with Crippen molar-refractivity contribution < 1.29 is 9.53 Å². The first-order valence-corrected chi connectivity index (χ1v) is 8.97. The van der Waals surface area contributed by atoms with E-state index in [9.17, 15) is 4.79 Å². The molecule has 0 bridgehead atoms. The minimum atomic E-state index is -0.180. The first-order valence-electron chi connectivity index (χ1n) is 8.59. The van der Waals surface area contributed by atoms with Gasteiger partial charge in [0.1, 0.15) is 18.5 Å². The lowest BCUT2D eigenvalue weighted by atomic mass is 10.0. The van der Waals surface area contributed by atoms with Crippen LogP contribution in [-0.2, 0) is 11.4 Å². The lowest BCUT2D eigenvalue weighted by Gasteiger charge is -2.32. The van der Waals surface area contributed by atoms with Gasteiger partial charge in [-0.3, -0.25) is 14.7 Å². The molecular weight excluding hydrogens is 338 g/mol. The molecule has 2 aromatic rings. The molecule has 2 atom stereocenters.